The van der Waals surface area contributed by atoms with Crippen molar-refractivity contribution in [2.24, 2.45) is 11.5 Å². The van der Waals surface area contributed by atoms with Crippen LogP contribution in [0.1, 0.15) is 24.9 Å². The maximum atomic E-state index is 5.84. The van der Waals surface area contributed by atoms with Crippen molar-refractivity contribution in [3.8, 4) is 0 Å². The first-order chi connectivity index (χ1) is 5.20. The van der Waals surface area contributed by atoms with Gasteiger partial charge in [-0.3, -0.25) is 0 Å². The van der Waals surface area contributed by atoms with Crippen LogP contribution < -0.4 is 11.5 Å². The normalized spacial score (nSPS) is 16.3. The Hall–Kier alpha value is -0.800. The van der Waals surface area contributed by atoms with Crippen LogP contribution in [-0.4, -0.2) is 11.0 Å². The summed E-state index contributed by atoms with van der Waals surface area (Å²) in [5, 5.41) is 0. The van der Waals surface area contributed by atoms with Crippen LogP contribution >= 0.6 is 0 Å². The van der Waals surface area contributed by atoms with Crippen molar-refractivity contribution in [3.05, 3.63) is 24.0 Å². The second-order valence-electron chi connectivity index (χ2n) is 2.96. The molecular weight excluding hydrogens is 138 g/mol. The first-order valence-corrected chi connectivity index (χ1v) is 3.84. The molecule has 0 fully saturated rings. The zero-order valence-corrected chi connectivity index (χ0v) is 6.75. The van der Waals surface area contributed by atoms with Gasteiger partial charge in [-0.05, 0) is 25.0 Å². The van der Waals surface area contributed by atoms with Gasteiger partial charge in [0.05, 0.1) is 0 Å². The fourth-order valence-electron chi connectivity index (χ4n) is 1.10. The van der Waals surface area contributed by atoms with Crippen LogP contribution in [0.4, 0.5) is 0 Å². The molecule has 3 heteroatoms. The van der Waals surface area contributed by atoms with Gasteiger partial charge in [-0.1, -0.05) is 0 Å². The molecule has 11 heavy (non-hydrogen) atoms. The lowest BCUT2D eigenvalue weighted by Crippen LogP contribution is -2.22. The third kappa shape index (κ3) is 2.37. The smallest absolute Gasteiger partial charge is 0.0324 e. The zero-order valence-electron chi connectivity index (χ0n) is 6.75. The highest BCUT2D eigenvalue weighted by atomic mass is 14.7. The van der Waals surface area contributed by atoms with E-state index in [1.54, 1.807) is 0 Å². The highest BCUT2D eigenvalue weighted by Gasteiger charge is 2.07. The molecule has 1 rings (SSSR count). The summed E-state index contributed by atoms with van der Waals surface area (Å²) < 4.78 is 0. The Morgan fingerprint density at radius 2 is 2.27 bits per heavy atom. The fraction of sp³-hybridized carbons (Fsp3) is 0.500. The maximum Gasteiger partial charge on any atom is 0.0324 e. The summed E-state index contributed by atoms with van der Waals surface area (Å²) in [5.41, 5.74) is 12.6. The minimum absolute atomic E-state index is 0.0706. The molecule has 0 spiro atoms. The summed E-state index contributed by atoms with van der Waals surface area (Å²) in [6, 6.07) is 2.22. The standard InChI is InChI=1S/C8H15N3/c1-6(9)4-8(10)7-2-3-11-5-7/h2-3,5-6,8,11H,4,9-10H2,1H3. The third-order valence-corrected chi connectivity index (χ3v) is 1.68. The molecule has 1 aromatic heterocycles. The quantitative estimate of drug-likeness (QED) is 0.600. The summed E-state index contributed by atoms with van der Waals surface area (Å²) in [5.74, 6) is 0. The van der Waals surface area contributed by atoms with E-state index in [1.165, 1.54) is 0 Å². The average Bonchev–Trinajstić information content (AvgIpc) is 2.35. The Morgan fingerprint density at radius 3 is 2.73 bits per heavy atom. The average molecular weight is 153 g/mol. The largest absolute Gasteiger partial charge is 0.367 e. The molecule has 62 valence electrons. The first kappa shape index (κ1) is 8.30. The Balaban J connectivity index is 2.49. The van der Waals surface area contributed by atoms with E-state index in [9.17, 15) is 0 Å². The van der Waals surface area contributed by atoms with Gasteiger partial charge in [0.25, 0.3) is 0 Å². The van der Waals surface area contributed by atoms with Gasteiger partial charge < -0.3 is 16.5 Å². The molecule has 0 radical (unpaired) electrons. The van der Waals surface area contributed by atoms with Crippen LogP contribution in [0.2, 0.25) is 0 Å². The molecule has 0 aliphatic rings. The van der Waals surface area contributed by atoms with Crippen LogP contribution in [0.15, 0.2) is 18.5 Å². The van der Waals surface area contributed by atoms with Crippen molar-refractivity contribution in [2.45, 2.75) is 25.4 Å². The van der Waals surface area contributed by atoms with Crippen molar-refractivity contribution in [3.63, 3.8) is 0 Å². The van der Waals surface area contributed by atoms with Crippen LogP contribution in [0.25, 0.3) is 0 Å². The Morgan fingerprint density at radius 1 is 1.55 bits per heavy atom. The number of rotatable bonds is 3. The molecule has 2 atom stereocenters. The number of hydrogen-bond donors (Lipinski definition) is 3. The third-order valence-electron chi connectivity index (χ3n) is 1.68. The maximum absolute atomic E-state index is 5.84. The highest BCUT2D eigenvalue weighted by Crippen LogP contribution is 2.13. The van der Waals surface area contributed by atoms with Gasteiger partial charge >= 0.3 is 0 Å². The second-order valence-corrected chi connectivity index (χ2v) is 2.96. The summed E-state index contributed by atoms with van der Waals surface area (Å²) in [7, 11) is 0. The predicted molar refractivity (Wildman–Crippen MR) is 46.0 cm³/mol. The van der Waals surface area contributed by atoms with Crippen molar-refractivity contribution >= 4 is 0 Å². The molecule has 0 aliphatic carbocycles. The summed E-state index contributed by atoms with van der Waals surface area (Å²) in [6.07, 6.45) is 4.61. The van der Waals surface area contributed by atoms with Gasteiger partial charge in [-0.2, -0.15) is 0 Å². The van der Waals surface area contributed by atoms with Crippen LogP contribution in [-0.2, 0) is 0 Å². The first-order valence-electron chi connectivity index (χ1n) is 3.84. The second kappa shape index (κ2) is 3.55. The van der Waals surface area contributed by atoms with Gasteiger partial charge in [0.2, 0.25) is 0 Å². The summed E-state index contributed by atoms with van der Waals surface area (Å²) >= 11 is 0. The number of H-pyrrole nitrogens is 1. The van der Waals surface area contributed by atoms with Gasteiger partial charge in [-0.15, -0.1) is 0 Å². The van der Waals surface area contributed by atoms with Gasteiger partial charge in [0.15, 0.2) is 0 Å². The minimum atomic E-state index is 0.0706. The topological polar surface area (TPSA) is 67.8 Å². The number of aromatic nitrogens is 1. The summed E-state index contributed by atoms with van der Waals surface area (Å²) in [4.78, 5) is 2.96. The number of aromatic amines is 1. The zero-order chi connectivity index (χ0) is 8.27. The lowest BCUT2D eigenvalue weighted by Gasteiger charge is -2.11. The van der Waals surface area contributed by atoms with E-state index in [1.807, 2.05) is 25.4 Å². The fourth-order valence-corrected chi connectivity index (χ4v) is 1.10. The minimum Gasteiger partial charge on any atom is -0.367 e. The monoisotopic (exact) mass is 153 g/mol. The van der Waals surface area contributed by atoms with E-state index in [-0.39, 0.29) is 12.1 Å². The molecule has 1 heterocycles. The number of nitrogens with two attached hydrogens (primary N) is 2. The van der Waals surface area contributed by atoms with Gasteiger partial charge in [0, 0.05) is 24.5 Å². The highest BCUT2D eigenvalue weighted by molar-refractivity contribution is 5.13. The Kier molecular flexibility index (Phi) is 2.68. The van der Waals surface area contributed by atoms with E-state index in [0.29, 0.717) is 0 Å². The molecule has 0 aliphatic heterocycles. The van der Waals surface area contributed by atoms with Crippen LogP contribution in [0, 0.1) is 0 Å². The molecule has 0 aromatic carbocycles. The van der Waals surface area contributed by atoms with E-state index in [0.717, 1.165) is 12.0 Å². The van der Waals surface area contributed by atoms with Crippen LogP contribution in [0.5, 0.6) is 0 Å². The lowest BCUT2D eigenvalue weighted by atomic mass is 10.0. The molecule has 0 bridgehead atoms. The molecule has 5 N–H and O–H groups in total. The van der Waals surface area contributed by atoms with E-state index in [2.05, 4.69) is 4.98 Å². The van der Waals surface area contributed by atoms with Crippen molar-refractivity contribution in [1.29, 1.82) is 0 Å². The van der Waals surface area contributed by atoms with Gasteiger partial charge in [0.1, 0.15) is 0 Å². The van der Waals surface area contributed by atoms with Crippen LogP contribution in [0.3, 0.4) is 0 Å². The molecule has 0 saturated heterocycles. The summed E-state index contributed by atoms with van der Waals surface area (Å²) in [6.45, 7) is 1.96. The van der Waals surface area contributed by atoms with Crippen molar-refractivity contribution in [2.75, 3.05) is 0 Å². The van der Waals surface area contributed by atoms with E-state index >= 15 is 0 Å². The molecule has 2 unspecified atom stereocenters. The van der Waals surface area contributed by atoms with Gasteiger partial charge in [-0.25, -0.2) is 0 Å². The SMILES string of the molecule is CC(N)CC(N)c1cc[nH]c1. The molecule has 0 amide bonds. The molecular formula is C8H15N3. The molecule has 0 saturated carbocycles. The van der Waals surface area contributed by atoms with Crippen molar-refractivity contribution < 1.29 is 0 Å². The Labute approximate surface area is 66.8 Å². The number of nitrogens with one attached hydrogen (secondary N) is 1. The molecule has 3 nitrogen and oxygen atoms in total. The lowest BCUT2D eigenvalue weighted by molar-refractivity contribution is 0.569. The van der Waals surface area contributed by atoms with E-state index < -0.39 is 0 Å². The van der Waals surface area contributed by atoms with Crippen molar-refractivity contribution in [1.82, 2.24) is 4.98 Å². The number of hydrogen-bond acceptors (Lipinski definition) is 2. The molecule has 1 aromatic rings. The van der Waals surface area contributed by atoms with E-state index in [4.69, 9.17) is 11.5 Å². The Bertz CT molecular complexity index is 191. The predicted octanol–water partition coefficient (Wildman–Crippen LogP) is 0.752.